The summed E-state index contributed by atoms with van der Waals surface area (Å²) in [7, 11) is 1.59. The predicted molar refractivity (Wildman–Crippen MR) is 60.0 cm³/mol. The SMILES string of the molecule is COc1cc(F)ccc1C1(C2(N)CC2)CC1. The summed E-state index contributed by atoms with van der Waals surface area (Å²) >= 11 is 0. The largest absolute Gasteiger partial charge is 0.496 e. The van der Waals surface area contributed by atoms with E-state index in [9.17, 15) is 4.39 Å². The number of methoxy groups -OCH3 is 1. The van der Waals surface area contributed by atoms with Gasteiger partial charge in [-0.05, 0) is 31.7 Å². The van der Waals surface area contributed by atoms with E-state index >= 15 is 0 Å². The molecule has 0 aromatic heterocycles. The van der Waals surface area contributed by atoms with Gasteiger partial charge in [-0.15, -0.1) is 0 Å². The van der Waals surface area contributed by atoms with E-state index in [4.69, 9.17) is 10.5 Å². The zero-order valence-corrected chi connectivity index (χ0v) is 9.42. The van der Waals surface area contributed by atoms with E-state index < -0.39 is 0 Å². The molecule has 2 nitrogen and oxygen atoms in total. The second kappa shape index (κ2) is 2.98. The Balaban J connectivity index is 2.06. The average molecular weight is 221 g/mol. The van der Waals surface area contributed by atoms with E-state index in [1.165, 1.54) is 12.1 Å². The van der Waals surface area contributed by atoms with Crippen LogP contribution in [0.2, 0.25) is 0 Å². The van der Waals surface area contributed by atoms with Crippen molar-refractivity contribution in [2.75, 3.05) is 7.11 Å². The maximum Gasteiger partial charge on any atom is 0.126 e. The Kier molecular flexibility index (Phi) is 1.88. The highest BCUT2D eigenvalue weighted by molar-refractivity contribution is 5.48. The molecule has 3 rings (SSSR count). The Morgan fingerprint density at radius 2 is 1.94 bits per heavy atom. The van der Waals surface area contributed by atoms with Crippen molar-refractivity contribution in [2.24, 2.45) is 5.73 Å². The second-order valence-corrected chi connectivity index (χ2v) is 5.08. The summed E-state index contributed by atoms with van der Waals surface area (Å²) in [5, 5.41) is 0. The highest BCUT2D eigenvalue weighted by Gasteiger charge is 2.64. The van der Waals surface area contributed by atoms with Crippen LogP contribution in [0.4, 0.5) is 4.39 Å². The molecule has 0 atom stereocenters. The molecule has 2 N–H and O–H groups in total. The van der Waals surface area contributed by atoms with Crippen molar-refractivity contribution in [3.8, 4) is 5.75 Å². The highest BCUT2D eigenvalue weighted by Crippen LogP contribution is 2.65. The van der Waals surface area contributed by atoms with Crippen LogP contribution in [0.25, 0.3) is 0 Å². The van der Waals surface area contributed by atoms with E-state index in [1.807, 2.05) is 6.07 Å². The summed E-state index contributed by atoms with van der Waals surface area (Å²) < 4.78 is 18.4. The summed E-state index contributed by atoms with van der Waals surface area (Å²) in [6, 6.07) is 4.80. The van der Waals surface area contributed by atoms with E-state index in [1.54, 1.807) is 7.11 Å². The van der Waals surface area contributed by atoms with Crippen LogP contribution in [0, 0.1) is 5.82 Å². The van der Waals surface area contributed by atoms with Crippen LogP contribution in [0.3, 0.4) is 0 Å². The van der Waals surface area contributed by atoms with Gasteiger partial charge in [-0.3, -0.25) is 0 Å². The molecule has 86 valence electrons. The van der Waals surface area contributed by atoms with Crippen molar-refractivity contribution in [3.05, 3.63) is 29.6 Å². The summed E-state index contributed by atoms with van der Waals surface area (Å²) in [5.41, 5.74) is 7.43. The predicted octanol–water partition coefficient (Wildman–Crippen LogP) is 2.36. The van der Waals surface area contributed by atoms with E-state index in [2.05, 4.69) is 0 Å². The molecule has 1 aromatic rings. The fourth-order valence-electron chi connectivity index (χ4n) is 2.83. The lowest BCUT2D eigenvalue weighted by Crippen LogP contribution is -2.37. The van der Waals surface area contributed by atoms with Gasteiger partial charge in [0.15, 0.2) is 0 Å². The Hall–Kier alpha value is -1.09. The van der Waals surface area contributed by atoms with Crippen LogP contribution in [-0.4, -0.2) is 12.6 Å². The first-order valence-electron chi connectivity index (χ1n) is 5.74. The first-order chi connectivity index (χ1) is 7.61. The molecule has 0 amide bonds. The number of ether oxygens (including phenoxy) is 1. The van der Waals surface area contributed by atoms with Gasteiger partial charge in [0.05, 0.1) is 7.11 Å². The minimum atomic E-state index is -0.252. The molecule has 0 saturated heterocycles. The average Bonchev–Trinajstić information content (AvgIpc) is 3.14. The lowest BCUT2D eigenvalue weighted by molar-refractivity contribution is 0.389. The van der Waals surface area contributed by atoms with Crippen molar-refractivity contribution in [1.82, 2.24) is 0 Å². The van der Waals surface area contributed by atoms with E-state index in [0.717, 1.165) is 31.2 Å². The minimum Gasteiger partial charge on any atom is -0.496 e. The van der Waals surface area contributed by atoms with Crippen molar-refractivity contribution in [3.63, 3.8) is 0 Å². The number of benzene rings is 1. The lowest BCUT2D eigenvalue weighted by atomic mass is 9.85. The van der Waals surface area contributed by atoms with Gasteiger partial charge in [-0.1, -0.05) is 6.07 Å². The molecule has 16 heavy (non-hydrogen) atoms. The number of nitrogens with two attached hydrogens (primary N) is 1. The second-order valence-electron chi connectivity index (χ2n) is 5.08. The molecule has 0 radical (unpaired) electrons. The molecule has 0 spiro atoms. The third-order valence-electron chi connectivity index (χ3n) is 4.17. The third-order valence-corrected chi connectivity index (χ3v) is 4.17. The zero-order valence-electron chi connectivity index (χ0n) is 9.42. The number of rotatable bonds is 3. The molecule has 1 aromatic carbocycles. The molecule has 0 heterocycles. The monoisotopic (exact) mass is 221 g/mol. The van der Waals surface area contributed by atoms with Gasteiger partial charge in [0, 0.05) is 22.6 Å². The fraction of sp³-hybridized carbons (Fsp3) is 0.538. The van der Waals surface area contributed by atoms with Gasteiger partial charge < -0.3 is 10.5 Å². The first kappa shape index (κ1) is 10.1. The summed E-state index contributed by atoms with van der Waals surface area (Å²) in [4.78, 5) is 0. The summed E-state index contributed by atoms with van der Waals surface area (Å²) in [6.07, 6.45) is 4.36. The van der Waals surface area contributed by atoms with Crippen molar-refractivity contribution in [2.45, 2.75) is 36.6 Å². The molecule has 0 unspecified atom stereocenters. The fourth-order valence-corrected chi connectivity index (χ4v) is 2.83. The quantitative estimate of drug-likeness (QED) is 0.850. The standard InChI is InChI=1S/C13H16FNO/c1-16-11-8-9(14)2-3-10(11)12(4-5-12)13(15)6-7-13/h2-3,8H,4-7,15H2,1H3. The van der Waals surface area contributed by atoms with Crippen LogP contribution >= 0.6 is 0 Å². The van der Waals surface area contributed by atoms with Crippen molar-refractivity contribution >= 4 is 0 Å². The van der Waals surface area contributed by atoms with Crippen molar-refractivity contribution < 1.29 is 9.13 Å². The van der Waals surface area contributed by atoms with E-state index in [-0.39, 0.29) is 16.8 Å². The number of hydrogen-bond acceptors (Lipinski definition) is 2. The first-order valence-corrected chi connectivity index (χ1v) is 5.74. The molecule has 2 aliphatic rings. The molecule has 2 aliphatic carbocycles. The highest BCUT2D eigenvalue weighted by atomic mass is 19.1. The van der Waals surface area contributed by atoms with Crippen LogP contribution in [-0.2, 0) is 5.41 Å². The summed E-state index contributed by atoms with van der Waals surface area (Å²) in [5.74, 6) is 0.396. The molecule has 2 saturated carbocycles. The van der Waals surface area contributed by atoms with Crippen molar-refractivity contribution in [1.29, 1.82) is 0 Å². The maximum atomic E-state index is 13.1. The van der Waals surface area contributed by atoms with Crippen LogP contribution in [0.1, 0.15) is 31.2 Å². The summed E-state index contributed by atoms with van der Waals surface area (Å²) in [6.45, 7) is 0. The lowest BCUT2D eigenvalue weighted by Gasteiger charge is -2.25. The Bertz CT molecular complexity index is 436. The smallest absolute Gasteiger partial charge is 0.126 e. The van der Waals surface area contributed by atoms with E-state index in [0.29, 0.717) is 5.75 Å². The van der Waals surface area contributed by atoms with Gasteiger partial charge in [0.25, 0.3) is 0 Å². The Morgan fingerprint density at radius 3 is 2.44 bits per heavy atom. The number of halogens is 1. The molecular formula is C13H16FNO. The van der Waals surface area contributed by atoms with Gasteiger partial charge in [0.1, 0.15) is 11.6 Å². The molecular weight excluding hydrogens is 205 g/mol. The normalized spacial score (nSPS) is 23.9. The Labute approximate surface area is 94.6 Å². The molecule has 3 heteroatoms. The van der Waals surface area contributed by atoms with Crippen LogP contribution in [0.5, 0.6) is 5.75 Å². The maximum absolute atomic E-state index is 13.1. The van der Waals surface area contributed by atoms with Gasteiger partial charge in [-0.2, -0.15) is 0 Å². The zero-order chi connectivity index (χ0) is 11.4. The third kappa shape index (κ3) is 1.21. The molecule has 2 fully saturated rings. The molecule has 0 bridgehead atoms. The molecule has 0 aliphatic heterocycles. The van der Waals surface area contributed by atoms with Gasteiger partial charge in [-0.25, -0.2) is 4.39 Å². The Morgan fingerprint density at radius 1 is 1.25 bits per heavy atom. The van der Waals surface area contributed by atoms with Crippen LogP contribution in [0.15, 0.2) is 18.2 Å². The van der Waals surface area contributed by atoms with Gasteiger partial charge in [0.2, 0.25) is 0 Å². The van der Waals surface area contributed by atoms with Gasteiger partial charge >= 0.3 is 0 Å². The minimum absolute atomic E-state index is 0.0574. The number of hydrogen-bond donors (Lipinski definition) is 1. The van der Waals surface area contributed by atoms with Crippen LogP contribution < -0.4 is 10.5 Å². The topological polar surface area (TPSA) is 35.2 Å².